The predicted octanol–water partition coefficient (Wildman–Crippen LogP) is 5.39. The van der Waals surface area contributed by atoms with E-state index in [-0.39, 0.29) is 0 Å². The van der Waals surface area contributed by atoms with E-state index >= 15 is 0 Å². The van der Waals surface area contributed by atoms with E-state index in [9.17, 15) is 5.11 Å². The van der Waals surface area contributed by atoms with Crippen LogP contribution >= 0.6 is 0 Å². The molecule has 2 nitrogen and oxygen atoms in total. The first kappa shape index (κ1) is 16.9. The molecule has 0 aliphatic rings. The molecule has 2 heteroatoms. The molecular formula is C18H30O2. The highest BCUT2D eigenvalue weighted by Gasteiger charge is 2.07. The first-order valence-electron chi connectivity index (χ1n) is 8.14. The van der Waals surface area contributed by atoms with Gasteiger partial charge in [-0.3, -0.25) is 0 Å². The first-order chi connectivity index (χ1) is 9.69. The lowest BCUT2D eigenvalue weighted by molar-refractivity contribution is 0.334. The van der Waals surface area contributed by atoms with Crippen molar-refractivity contribution < 1.29 is 9.84 Å². The fourth-order valence-corrected chi connectivity index (χ4v) is 2.46. The van der Waals surface area contributed by atoms with Crippen LogP contribution in [0.15, 0.2) is 12.1 Å². The second kappa shape index (κ2) is 9.68. The van der Waals surface area contributed by atoms with Crippen LogP contribution in [0.25, 0.3) is 0 Å². The number of aromatic hydroxyl groups is 1. The molecule has 0 saturated heterocycles. The van der Waals surface area contributed by atoms with Crippen molar-refractivity contribution in [1.29, 1.82) is 0 Å². The Morgan fingerprint density at radius 3 is 2.25 bits per heavy atom. The van der Waals surface area contributed by atoms with E-state index in [4.69, 9.17) is 4.74 Å². The number of benzene rings is 1. The Kier molecular flexibility index (Phi) is 8.17. The highest BCUT2D eigenvalue weighted by molar-refractivity contribution is 5.46. The van der Waals surface area contributed by atoms with Crippen molar-refractivity contribution in [3.8, 4) is 11.5 Å². The number of rotatable bonds is 10. The topological polar surface area (TPSA) is 29.5 Å². The zero-order valence-corrected chi connectivity index (χ0v) is 13.4. The van der Waals surface area contributed by atoms with Crippen LogP contribution in [-0.4, -0.2) is 11.7 Å². The van der Waals surface area contributed by atoms with Crippen LogP contribution < -0.4 is 4.74 Å². The van der Waals surface area contributed by atoms with E-state index in [1.54, 1.807) is 0 Å². The molecule has 1 aromatic carbocycles. The van der Waals surface area contributed by atoms with Gasteiger partial charge in [0.05, 0.1) is 6.61 Å². The number of ether oxygens (including phenoxy) is 1. The first-order valence-corrected chi connectivity index (χ1v) is 8.14. The van der Waals surface area contributed by atoms with Crippen molar-refractivity contribution in [2.24, 2.45) is 0 Å². The lowest BCUT2D eigenvalue weighted by atomic mass is 10.0. The van der Waals surface area contributed by atoms with Crippen LogP contribution in [-0.2, 0) is 6.42 Å². The summed E-state index contributed by atoms with van der Waals surface area (Å²) in [6.45, 7) is 6.76. The number of hydrogen-bond donors (Lipinski definition) is 1. The van der Waals surface area contributed by atoms with Gasteiger partial charge in [0, 0.05) is 5.56 Å². The number of hydrogen-bond acceptors (Lipinski definition) is 2. The van der Waals surface area contributed by atoms with Gasteiger partial charge in [-0.2, -0.15) is 0 Å². The summed E-state index contributed by atoms with van der Waals surface area (Å²) in [7, 11) is 0. The molecule has 20 heavy (non-hydrogen) atoms. The van der Waals surface area contributed by atoms with Gasteiger partial charge in [-0.15, -0.1) is 0 Å². The molecule has 114 valence electrons. The average molecular weight is 278 g/mol. The fraction of sp³-hybridized carbons (Fsp3) is 0.667. The summed E-state index contributed by atoms with van der Waals surface area (Å²) in [5.74, 6) is 1.18. The molecule has 0 spiro atoms. The van der Waals surface area contributed by atoms with Gasteiger partial charge < -0.3 is 9.84 Å². The molecule has 0 aromatic heterocycles. The Bertz CT molecular complexity index is 385. The van der Waals surface area contributed by atoms with Crippen LogP contribution in [0.5, 0.6) is 11.5 Å². The number of aryl methyl sites for hydroxylation is 1. The van der Waals surface area contributed by atoms with E-state index in [1.807, 2.05) is 19.9 Å². The minimum Gasteiger partial charge on any atom is -0.508 e. The smallest absolute Gasteiger partial charge is 0.126 e. The van der Waals surface area contributed by atoms with Gasteiger partial charge in [0.15, 0.2) is 0 Å². The lowest BCUT2D eigenvalue weighted by Gasteiger charge is -2.11. The van der Waals surface area contributed by atoms with Gasteiger partial charge in [0.25, 0.3) is 0 Å². The molecule has 0 bridgehead atoms. The summed E-state index contributed by atoms with van der Waals surface area (Å²) in [6.07, 6.45) is 10.2. The zero-order valence-electron chi connectivity index (χ0n) is 13.4. The molecule has 0 heterocycles. The van der Waals surface area contributed by atoms with Crippen molar-refractivity contribution in [2.75, 3.05) is 6.61 Å². The van der Waals surface area contributed by atoms with E-state index in [0.717, 1.165) is 17.7 Å². The number of phenols is 1. The van der Waals surface area contributed by atoms with Crippen molar-refractivity contribution in [2.45, 2.75) is 72.1 Å². The zero-order chi connectivity index (χ0) is 14.8. The quantitative estimate of drug-likeness (QED) is 0.581. The Hall–Kier alpha value is -1.18. The summed E-state index contributed by atoms with van der Waals surface area (Å²) in [4.78, 5) is 0. The van der Waals surface area contributed by atoms with Crippen LogP contribution in [0.4, 0.5) is 0 Å². The van der Waals surface area contributed by atoms with Crippen molar-refractivity contribution in [3.05, 3.63) is 23.3 Å². The maximum absolute atomic E-state index is 9.93. The Morgan fingerprint density at radius 1 is 0.950 bits per heavy atom. The second-order valence-corrected chi connectivity index (χ2v) is 5.54. The number of unbranched alkanes of at least 4 members (excludes halogenated alkanes) is 6. The highest BCUT2D eigenvalue weighted by atomic mass is 16.5. The molecule has 0 amide bonds. The summed E-state index contributed by atoms with van der Waals surface area (Å²) < 4.78 is 5.57. The Morgan fingerprint density at radius 2 is 1.60 bits per heavy atom. The fourth-order valence-electron chi connectivity index (χ4n) is 2.46. The van der Waals surface area contributed by atoms with Crippen LogP contribution in [0.2, 0.25) is 0 Å². The molecule has 0 aliphatic carbocycles. The Labute approximate surface area is 124 Å². The summed E-state index contributed by atoms with van der Waals surface area (Å²) in [5, 5.41) is 9.93. The van der Waals surface area contributed by atoms with Crippen LogP contribution in [0.1, 0.15) is 69.9 Å². The average Bonchev–Trinajstić information content (AvgIpc) is 2.43. The standard InChI is InChI=1S/C18H30O2/c1-4-6-7-8-9-10-11-12-16-13-17(19)15(3)18(14-16)20-5-2/h13-14,19H,4-12H2,1-3H3. The predicted molar refractivity (Wildman–Crippen MR) is 85.7 cm³/mol. The number of phenolic OH excluding ortho intramolecular Hbond substituents is 1. The third-order valence-electron chi connectivity index (χ3n) is 3.76. The molecule has 1 aromatic rings. The third-order valence-corrected chi connectivity index (χ3v) is 3.76. The molecule has 1 N–H and O–H groups in total. The third kappa shape index (κ3) is 5.85. The largest absolute Gasteiger partial charge is 0.508 e. The summed E-state index contributed by atoms with van der Waals surface area (Å²) in [6, 6.07) is 3.96. The SMILES string of the molecule is CCCCCCCCCc1cc(O)c(C)c(OCC)c1. The molecule has 0 atom stereocenters. The molecule has 0 unspecified atom stereocenters. The van der Waals surface area contributed by atoms with Gasteiger partial charge in [-0.1, -0.05) is 45.4 Å². The maximum atomic E-state index is 9.93. The van der Waals surface area contributed by atoms with Crippen molar-refractivity contribution in [3.63, 3.8) is 0 Å². The van der Waals surface area contributed by atoms with Crippen molar-refractivity contribution in [1.82, 2.24) is 0 Å². The van der Waals surface area contributed by atoms with Gasteiger partial charge in [0.1, 0.15) is 11.5 Å². The molecule has 1 rings (SSSR count). The van der Waals surface area contributed by atoms with E-state index in [2.05, 4.69) is 13.0 Å². The summed E-state index contributed by atoms with van der Waals surface area (Å²) >= 11 is 0. The molecule has 0 aliphatic heterocycles. The van der Waals surface area contributed by atoms with Gasteiger partial charge in [-0.25, -0.2) is 0 Å². The maximum Gasteiger partial charge on any atom is 0.126 e. The van der Waals surface area contributed by atoms with Gasteiger partial charge >= 0.3 is 0 Å². The molecular weight excluding hydrogens is 248 g/mol. The van der Waals surface area contributed by atoms with Crippen LogP contribution in [0, 0.1) is 6.92 Å². The van der Waals surface area contributed by atoms with E-state index in [1.165, 1.54) is 50.5 Å². The Balaban J connectivity index is 2.36. The van der Waals surface area contributed by atoms with Gasteiger partial charge in [0.2, 0.25) is 0 Å². The van der Waals surface area contributed by atoms with Crippen LogP contribution in [0.3, 0.4) is 0 Å². The second-order valence-electron chi connectivity index (χ2n) is 5.54. The molecule has 0 saturated carbocycles. The molecule has 0 fully saturated rings. The summed E-state index contributed by atoms with van der Waals surface area (Å²) in [5.41, 5.74) is 2.03. The lowest BCUT2D eigenvalue weighted by Crippen LogP contribution is -1.96. The minimum atomic E-state index is 0.355. The molecule has 0 radical (unpaired) electrons. The minimum absolute atomic E-state index is 0.355. The monoisotopic (exact) mass is 278 g/mol. The highest BCUT2D eigenvalue weighted by Crippen LogP contribution is 2.29. The normalized spacial score (nSPS) is 10.8. The van der Waals surface area contributed by atoms with E-state index < -0.39 is 0 Å². The van der Waals surface area contributed by atoms with E-state index in [0.29, 0.717) is 12.4 Å². The van der Waals surface area contributed by atoms with Gasteiger partial charge in [-0.05, 0) is 44.4 Å². The van der Waals surface area contributed by atoms with Crippen molar-refractivity contribution >= 4 is 0 Å².